The number of phenols is 1. The van der Waals surface area contributed by atoms with E-state index in [-0.39, 0.29) is 17.8 Å². The summed E-state index contributed by atoms with van der Waals surface area (Å²) in [6, 6.07) is 8.55. The average molecular weight is 342 g/mol. The van der Waals surface area contributed by atoms with Crippen molar-refractivity contribution in [2.45, 2.75) is 25.6 Å². The lowest BCUT2D eigenvalue weighted by molar-refractivity contribution is -0.000475. The van der Waals surface area contributed by atoms with Gasteiger partial charge < -0.3 is 19.5 Å². The third-order valence-electron chi connectivity index (χ3n) is 4.36. The van der Waals surface area contributed by atoms with Gasteiger partial charge in [0.2, 0.25) is 0 Å². The lowest BCUT2D eigenvalue weighted by Crippen LogP contribution is -2.40. The van der Waals surface area contributed by atoms with Gasteiger partial charge in [0.1, 0.15) is 0 Å². The number of aromatic nitrogens is 1. The highest BCUT2D eigenvalue weighted by Gasteiger charge is 2.24. The highest BCUT2D eigenvalue weighted by Crippen LogP contribution is 2.27. The molecule has 25 heavy (non-hydrogen) atoms. The molecule has 0 atom stereocenters. The minimum absolute atomic E-state index is 0.0292. The van der Waals surface area contributed by atoms with Gasteiger partial charge in [0.15, 0.2) is 11.5 Å². The molecule has 132 valence electrons. The largest absolute Gasteiger partial charge is 0.504 e. The van der Waals surface area contributed by atoms with E-state index in [1.54, 1.807) is 24.5 Å². The van der Waals surface area contributed by atoms with Gasteiger partial charge in [-0.05, 0) is 42.7 Å². The number of carbonyl (C=O) groups is 1. The molecule has 3 rings (SSSR count). The van der Waals surface area contributed by atoms with E-state index in [0.29, 0.717) is 31.0 Å². The van der Waals surface area contributed by atoms with Crippen LogP contribution in [0.3, 0.4) is 0 Å². The molecule has 1 fully saturated rings. The second-order valence-electron chi connectivity index (χ2n) is 6.05. The Balaban J connectivity index is 1.52. The molecule has 0 spiro atoms. The first-order chi connectivity index (χ1) is 12.2. The summed E-state index contributed by atoms with van der Waals surface area (Å²) in [5, 5.41) is 9.64. The van der Waals surface area contributed by atoms with Crippen molar-refractivity contribution in [2.75, 3.05) is 20.2 Å². The van der Waals surface area contributed by atoms with Crippen LogP contribution in [0.15, 0.2) is 42.7 Å². The minimum Gasteiger partial charge on any atom is -0.504 e. The fraction of sp³-hybridized carbons (Fsp3) is 0.368. The number of pyridine rings is 1. The Hall–Kier alpha value is -2.60. The Labute approximate surface area is 147 Å². The van der Waals surface area contributed by atoms with Crippen LogP contribution in [0.25, 0.3) is 0 Å². The van der Waals surface area contributed by atoms with E-state index < -0.39 is 0 Å². The van der Waals surface area contributed by atoms with Crippen molar-refractivity contribution >= 4 is 5.91 Å². The first-order valence-electron chi connectivity index (χ1n) is 8.34. The zero-order valence-corrected chi connectivity index (χ0v) is 14.2. The number of carbonyl (C=O) groups excluding carboxylic acids is 1. The molecule has 2 aromatic rings. The lowest BCUT2D eigenvalue weighted by Gasteiger charge is -2.32. The number of phenolic OH excluding ortho intramolecular Hbond substituents is 1. The molecule has 1 aromatic heterocycles. The fourth-order valence-corrected chi connectivity index (χ4v) is 2.92. The van der Waals surface area contributed by atoms with Gasteiger partial charge in [-0.25, -0.2) is 0 Å². The molecule has 0 aliphatic carbocycles. The van der Waals surface area contributed by atoms with Crippen molar-refractivity contribution < 1.29 is 19.4 Å². The quantitative estimate of drug-likeness (QED) is 0.904. The van der Waals surface area contributed by atoms with Crippen LogP contribution in [0.5, 0.6) is 11.5 Å². The first kappa shape index (κ1) is 17.2. The summed E-state index contributed by atoms with van der Waals surface area (Å²) in [6.07, 6.45) is 5.31. The van der Waals surface area contributed by atoms with Gasteiger partial charge in [0, 0.05) is 31.0 Å². The van der Waals surface area contributed by atoms with E-state index in [1.165, 1.54) is 13.2 Å². The van der Waals surface area contributed by atoms with Crippen LogP contribution in [0.2, 0.25) is 0 Å². The van der Waals surface area contributed by atoms with E-state index in [9.17, 15) is 9.90 Å². The molecule has 1 aromatic carbocycles. The van der Waals surface area contributed by atoms with Crippen LogP contribution in [0, 0.1) is 0 Å². The molecular weight excluding hydrogens is 320 g/mol. The second-order valence-corrected chi connectivity index (χ2v) is 6.05. The highest BCUT2D eigenvalue weighted by molar-refractivity contribution is 5.95. The second kappa shape index (κ2) is 7.98. The van der Waals surface area contributed by atoms with Gasteiger partial charge in [-0.2, -0.15) is 0 Å². The molecule has 1 saturated heterocycles. The van der Waals surface area contributed by atoms with Crippen LogP contribution in [0.1, 0.15) is 28.8 Å². The summed E-state index contributed by atoms with van der Waals surface area (Å²) < 4.78 is 11.0. The number of methoxy groups -OCH3 is 1. The van der Waals surface area contributed by atoms with Crippen LogP contribution >= 0.6 is 0 Å². The highest BCUT2D eigenvalue weighted by atomic mass is 16.5. The van der Waals surface area contributed by atoms with Gasteiger partial charge in [-0.3, -0.25) is 9.78 Å². The lowest BCUT2D eigenvalue weighted by atomic mass is 10.1. The fourth-order valence-electron chi connectivity index (χ4n) is 2.92. The van der Waals surface area contributed by atoms with Gasteiger partial charge >= 0.3 is 0 Å². The summed E-state index contributed by atoms with van der Waals surface area (Å²) in [5.41, 5.74) is 1.57. The van der Waals surface area contributed by atoms with Crippen molar-refractivity contribution in [1.82, 2.24) is 9.88 Å². The summed E-state index contributed by atoms with van der Waals surface area (Å²) in [7, 11) is 1.47. The number of ether oxygens (including phenoxy) is 2. The first-order valence-corrected chi connectivity index (χ1v) is 8.34. The maximum atomic E-state index is 12.6. The van der Waals surface area contributed by atoms with E-state index in [1.807, 2.05) is 17.0 Å². The number of hydrogen-bond acceptors (Lipinski definition) is 5. The number of amides is 1. The Bertz CT molecular complexity index is 713. The zero-order chi connectivity index (χ0) is 17.6. The van der Waals surface area contributed by atoms with Crippen LogP contribution in [0.4, 0.5) is 0 Å². The SMILES string of the molecule is COc1cc(C(=O)N2CCC(OCc3cccnc3)CC2)ccc1O. The third-order valence-corrected chi connectivity index (χ3v) is 4.36. The third kappa shape index (κ3) is 4.28. The van der Waals surface area contributed by atoms with Crippen LogP contribution in [-0.2, 0) is 11.3 Å². The average Bonchev–Trinajstić information content (AvgIpc) is 2.67. The molecular formula is C19H22N2O4. The van der Waals surface area contributed by atoms with E-state index >= 15 is 0 Å². The number of aromatic hydroxyl groups is 1. The van der Waals surface area contributed by atoms with Gasteiger partial charge in [-0.1, -0.05) is 6.07 Å². The minimum atomic E-state index is -0.0518. The summed E-state index contributed by atoms with van der Waals surface area (Å²) in [5.74, 6) is 0.283. The molecule has 1 aliphatic rings. The van der Waals surface area contributed by atoms with Crippen molar-refractivity contribution in [3.63, 3.8) is 0 Å². The Morgan fingerprint density at radius 1 is 1.32 bits per heavy atom. The van der Waals surface area contributed by atoms with Crippen molar-refractivity contribution in [2.24, 2.45) is 0 Å². The predicted molar refractivity (Wildman–Crippen MR) is 92.6 cm³/mol. The zero-order valence-electron chi connectivity index (χ0n) is 14.2. The van der Waals surface area contributed by atoms with E-state index in [2.05, 4.69) is 4.98 Å². The van der Waals surface area contributed by atoms with Crippen LogP contribution in [-0.4, -0.2) is 47.2 Å². The molecule has 1 N–H and O–H groups in total. The number of likely N-dealkylation sites (tertiary alicyclic amines) is 1. The summed E-state index contributed by atoms with van der Waals surface area (Å²) in [4.78, 5) is 18.5. The number of benzene rings is 1. The number of hydrogen-bond donors (Lipinski definition) is 1. The normalized spacial score (nSPS) is 15.2. The number of piperidine rings is 1. The molecule has 0 bridgehead atoms. The number of rotatable bonds is 5. The molecule has 0 radical (unpaired) electrons. The maximum absolute atomic E-state index is 12.6. The van der Waals surface area contributed by atoms with Crippen molar-refractivity contribution in [3.8, 4) is 11.5 Å². The Morgan fingerprint density at radius 3 is 2.80 bits per heavy atom. The predicted octanol–water partition coefficient (Wildman–Crippen LogP) is 2.62. The number of nitrogens with zero attached hydrogens (tertiary/aromatic N) is 2. The molecule has 0 saturated carbocycles. The molecule has 1 amide bonds. The van der Waals surface area contributed by atoms with Crippen molar-refractivity contribution in [3.05, 3.63) is 53.9 Å². The van der Waals surface area contributed by atoms with E-state index in [4.69, 9.17) is 9.47 Å². The van der Waals surface area contributed by atoms with Crippen LogP contribution < -0.4 is 4.74 Å². The van der Waals surface area contributed by atoms with Crippen molar-refractivity contribution in [1.29, 1.82) is 0 Å². The monoisotopic (exact) mass is 342 g/mol. The Morgan fingerprint density at radius 2 is 2.12 bits per heavy atom. The molecule has 0 unspecified atom stereocenters. The summed E-state index contributed by atoms with van der Waals surface area (Å²) >= 11 is 0. The molecule has 2 heterocycles. The maximum Gasteiger partial charge on any atom is 0.253 e. The van der Waals surface area contributed by atoms with Gasteiger partial charge in [0.25, 0.3) is 5.91 Å². The van der Waals surface area contributed by atoms with E-state index in [0.717, 1.165) is 18.4 Å². The standard InChI is InChI=1S/C19H22N2O4/c1-24-18-11-15(4-5-17(18)22)19(23)21-9-6-16(7-10-21)25-13-14-3-2-8-20-12-14/h2-5,8,11-12,16,22H,6-7,9-10,13H2,1H3. The van der Waals surface area contributed by atoms with Gasteiger partial charge in [-0.15, -0.1) is 0 Å². The smallest absolute Gasteiger partial charge is 0.253 e. The molecule has 6 nitrogen and oxygen atoms in total. The Kier molecular flexibility index (Phi) is 5.50. The molecule has 6 heteroatoms. The summed E-state index contributed by atoms with van der Waals surface area (Å²) in [6.45, 7) is 1.85. The topological polar surface area (TPSA) is 71.9 Å². The molecule has 1 aliphatic heterocycles. The van der Waals surface area contributed by atoms with Gasteiger partial charge in [0.05, 0.1) is 19.8 Å².